The van der Waals surface area contributed by atoms with E-state index < -0.39 is 5.97 Å². The molecule has 17 heavy (non-hydrogen) atoms. The Morgan fingerprint density at radius 2 is 2.18 bits per heavy atom. The number of carboxylic acid groups (broad SMARTS) is 1. The van der Waals surface area contributed by atoms with Crippen molar-refractivity contribution in [2.24, 2.45) is 0 Å². The largest absolute Gasteiger partial charge is 0.478 e. The highest BCUT2D eigenvalue weighted by molar-refractivity contribution is 7.99. The normalized spacial score (nSPS) is 11.2. The summed E-state index contributed by atoms with van der Waals surface area (Å²) in [5, 5.41) is 12.2. The van der Waals surface area contributed by atoms with Crippen LogP contribution in [0.25, 0.3) is 0 Å². The van der Waals surface area contributed by atoms with Gasteiger partial charge in [-0.05, 0) is 38.3 Å². The summed E-state index contributed by atoms with van der Waals surface area (Å²) in [4.78, 5) is 10.9. The Morgan fingerprint density at radius 1 is 1.53 bits per heavy atom. The summed E-state index contributed by atoms with van der Waals surface area (Å²) in [6.07, 6.45) is 2.05. The first-order valence-electron chi connectivity index (χ1n) is 5.27. The second-order valence-electron chi connectivity index (χ2n) is 4.42. The Hall–Kier alpha value is -1.36. The number of thioether (sulfide) groups is 1. The zero-order valence-corrected chi connectivity index (χ0v) is 11.1. The van der Waals surface area contributed by atoms with Gasteiger partial charge in [0.1, 0.15) is 0 Å². The second kappa shape index (κ2) is 5.31. The molecule has 0 saturated heterocycles. The smallest absolute Gasteiger partial charge is 0.337 e. The monoisotopic (exact) mass is 254 g/mol. The molecule has 0 bridgehead atoms. The van der Waals surface area contributed by atoms with E-state index in [2.05, 4.69) is 19.2 Å². The molecule has 0 saturated carbocycles. The molecule has 1 aromatic rings. The maximum absolute atomic E-state index is 10.9. The number of nitrogen functional groups attached to an aromatic ring is 1. The van der Waals surface area contributed by atoms with Gasteiger partial charge < -0.3 is 16.2 Å². The molecule has 0 aromatic heterocycles. The average molecular weight is 254 g/mol. The first-order chi connectivity index (χ1) is 7.85. The molecule has 0 heterocycles. The van der Waals surface area contributed by atoms with Crippen LogP contribution in [0.1, 0.15) is 24.2 Å². The summed E-state index contributed by atoms with van der Waals surface area (Å²) in [5.41, 5.74) is 6.78. The molecule has 94 valence electrons. The van der Waals surface area contributed by atoms with Crippen molar-refractivity contribution in [3.63, 3.8) is 0 Å². The summed E-state index contributed by atoms with van der Waals surface area (Å²) in [5.74, 6) is -1.00. The Morgan fingerprint density at radius 3 is 2.71 bits per heavy atom. The number of nitrogens with two attached hydrogens (primary N) is 1. The van der Waals surface area contributed by atoms with Gasteiger partial charge in [-0.3, -0.25) is 0 Å². The third-order valence-electron chi connectivity index (χ3n) is 2.55. The van der Waals surface area contributed by atoms with Gasteiger partial charge in [-0.25, -0.2) is 4.79 Å². The van der Waals surface area contributed by atoms with Crippen LogP contribution in [0.15, 0.2) is 18.2 Å². The standard InChI is InChI=1S/C12H18N2O2S/c1-12(2,17-3)7-14-8-4-5-10(13)9(6-8)11(15)16/h4-6,14H,7,13H2,1-3H3,(H,15,16). The van der Waals surface area contributed by atoms with E-state index in [4.69, 9.17) is 10.8 Å². The van der Waals surface area contributed by atoms with Crippen LogP contribution in [-0.4, -0.2) is 28.6 Å². The minimum Gasteiger partial charge on any atom is -0.478 e. The number of carbonyl (C=O) groups is 1. The Balaban J connectivity index is 2.80. The minimum atomic E-state index is -1.00. The molecule has 4 N–H and O–H groups in total. The lowest BCUT2D eigenvalue weighted by Crippen LogP contribution is -2.25. The maximum atomic E-state index is 10.9. The van der Waals surface area contributed by atoms with E-state index in [9.17, 15) is 4.79 Å². The van der Waals surface area contributed by atoms with Crippen LogP contribution in [0, 0.1) is 0 Å². The maximum Gasteiger partial charge on any atom is 0.337 e. The third-order valence-corrected chi connectivity index (χ3v) is 3.80. The van der Waals surface area contributed by atoms with E-state index in [-0.39, 0.29) is 16.0 Å². The fourth-order valence-electron chi connectivity index (χ4n) is 1.24. The molecule has 0 aliphatic rings. The second-order valence-corrected chi connectivity index (χ2v) is 5.94. The van der Waals surface area contributed by atoms with Crippen LogP contribution >= 0.6 is 11.8 Å². The average Bonchev–Trinajstić information content (AvgIpc) is 2.27. The minimum absolute atomic E-state index is 0.102. The van der Waals surface area contributed by atoms with Crippen molar-refractivity contribution in [2.75, 3.05) is 23.9 Å². The van der Waals surface area contributed by atoms with Crippen LogP contribution in [0.2, 0.25) is 0 Å². The highest BCUT2D eigenvalue weighted by Crippen LogP contribution is 2.23. The van der Waals surface area contributed by atoms with E-state index in [0.717, 1.165) is 12.2 Å². The van der Waals surface area contributed by atoms with Crippen molar-refractivity contribution in [1.82, 2.24) is 0 Å². The molecule has 0 amide bonds. The van der Waals surface area contributed by atoms with Gasteiger partial charge in [-0.2, -0.15) is 11.8 Å². The molecule has 0 radical (unpaired) electrons. The number of hydrogen-bond acceptors (Lipinski definition) is 4. The summed E-state index contributed by atoms with van der Waals surface area (Å²) < 4.78 is 0.102. The van der Waals surface area contributed by atoms with Crippen LogP contribution in [0.5, 0.6) is 0 Å². The zero-order valence-electron chi connectivity index (χ0n) is 10.3. The fraction of sp³-hybridized carbons (Fsp3) is 0.417. The van der Waals surface area contributed by atoms with Crippen molar-refractivity contribution in [1.29, 1.82) is 0 Å². The molecule has 0 aliphatic carbocycles. The van der Waals surface area contributed by atoms with Gasteiger partial charge in [0.2, 0.25) is 0 Å². The van der Waals surface area contributed by atoms with Crippen LogP contribution in [-0.2, 0) is 0 Å². The number of hydrogen-bond donors (Lipinski definition) is 3. The Kier molecular flexibility index (Phi) is 4.28. The molecule has 0 fully saturated rings. The van der Waals surface area contributed by atoms with Crippen LogP contribution in [0.3, 0.4) is 0 Å². The van der Waals surface area contributed by atoms with Gasteiger partial charge in [0.15, 0.2) is 0 Å². The van der Waals surface area contributed by atoms with Gasteiger partial charge in [0.25, 0.3) is 0 Å². The van der Waals surface area contributed by atoms with Crippen LogP contribution < -0.4 is 11.1 Å². The van der Waals surface area contributed by atoms with E-state index in [0.29, 0.717) is 0 Å². The van der Waals surface area contributed by atoms with E-state index in [1.807, 2.05) is 6.26 Å². The third kappa shape index (κ3) is 3.85. The first kappa shape index (κ1) is 13.7. The molecule has 1 rings (SSSR count). The van der Waals surface area contributed by atoms with Crippen molar-refractivity contribution in [3.05, 3.63) is 23.8 Å². The van der Waals surface area contributed by atoms with Gasteiger partial charge in [-0.1, -0.05) is 0 Å². The Bertz CT molecular complexity index is 419. The Labute approximate surface area is 106 Å². The number of nitrogens with one attached hydrogen (secondary N) is 1. The lowest BCUT2D eigenvalue weighted by Gasteiger charge is -2.23. The number of aromatic carboxylic acids is 1. The lowest BCUT2D eigenvalue weighted by atomic mass is 10.1. The molecule has 0 unspecified atom stereocenters. The predicted octanol–water partition coefficient (Wildman–Crippen LogP) is 2.52. The van der Waals surface area contributed by atoms with Gasteiger partial charge in [0.05, 0.1) is 5.56 Å². The molecule has 4 nitrogen and oxygen atoms in total. The zero-order chi connectivity index (χ0) is 13.1. The van der Waals surface area contributed by atoms with Gasteiger partial charge in [0, 0.05) is 22.7 Å². The molecule has 0 spiro atoms. The van der Waals surface area contributed by atoms with Crippen molar-refractivity contribution < 1.29 is 9.90 Å². The van der Waals surface area contributed by atoms with E-state index in [1.54, 1.807) is 30.0 Å². The molecule has 1 aromatic carbocycles. The number of carboxylic acids is 1. The summed E-state index contributed by atoms with van der Waals surface area (Å²) >= 11 is 1.76. The van der Waals surface area contributed by atoms with Gasteiger partial charge >= 0.3 is 5.97 Å². The highest BCUT2D eigenvalue weighted by Gasteiger charge is 2.16. The number of anilines is 2. The van der Waals surface area contributed by atoms with E-state index in [1.165, 1.54) is 0 Å². The van der Waals surface area contributed by atoms with E-state index >= 15 is 0 Å². The predicted molar refractivity (Wildman–Crippen MR) is 73.9 cm³/mol. The molecular weight excluding hydrogens is 236 g/mol. The summed E-state index contributed by atoms with van der Waals surface area (Å²) in [7, 11) is 0. The van der Waals surface area contributed by atoms with Crippen molar-refractivity contribution in [2.45, 2.75) is 18.6 Å². The summed E-state index contributed by atoms with van der Waals surface area (Å²) in [6, 6.07) is 4.96. The number of benzene rings is 1. The molecule has 5 heteroatoms. The topological polar surface area (TPSA) is 75.3 Å². The quantitative estimate of drug-likeness (QED) is 0.704. The van der Waals surface area contributed by atoms with Crippen molar-refractivity contribution in [3.8, 4) is 0 Å². The number of rotatable bonds is 5. The lowest BCUT2D eigenvalue weighted by molar-refractivity contribution is 0.0698. The molecular formula is C12H18N2O2S. The first-order valence-corrected chi connectivity index (χ1v) is 6.50. The summed E-state index contributed by atoms with van der Waals surface area (Å²) in [6.45, 7) is 5.01. The molecule has 0 aliphatic heterocycles. The SMILES string of the molecule is CSC(C)(C)CNc1ccc(N)c(C(=O)O)c1. The fourth-order valence-corrected chi connectivity index (χ4v) is 1.46. The highest BCUT2D eigenvalue weighted by atomic mass is 32.2. The van der Waals surface area contributed by atoms with Crippen molar-refractivity contribution >= 4 is 29.1 Å². The van der Waals surface area contributed by atoms with Gasteiger partial charge in [-0.15, -0.1) is 0 Å². The van der Waals surface area contributed by atoms with Crippen LogP contribution in [0.4, 0.5) is 11.4 Å². The molecule has 0 atom stereocenters.